The molecule has 1 saturated heterocycles. The summed E-state index contributed by atoms with van der Waals surface area (Å²) in [5, 5.41) is 2.25. The first-order valence-corrected chi connectivity index (χ1v) is 7.15. The fourth-order valence-corrected chi connectivity index (χ4v) is 2.68. The van der Waals surface area contributed by atoms with E-state index in [1.54, 1.807) is 0 Å². The van der Waals surface area contributed by atoms with E-state index in [0.29, 0.717) is 13.2 Å². The van der Waals surface area contributed by atoms with Gasteiger partial charge >= 0.3 is 0 Å². The van der Waals surface area contributed by atoms with Crippen molar-refractivity contribution in [2.75, 3.05) is 26.2 Å². The van der Waals surface area contributed by atoms with Crippen LogP contribution in [0.15, 0.2) is 42.5 Å². The first-order valence-electron chi connectivity index (χ1n) is 7.15. The molecular weight excluding hydrogens is 250 g/mol. The van der Waals surface area contributed by atoms with Crippen molar-refractivity contribution in [2.45, 2.75) is 13.0 Å². The maximum atomic E-state index is 12.6. The quantitative estimate of drug-likeness (QED) is 0.802. The lowest BCUT2D eigenvalue weighted by Crippen LogP contribution is -2.45. The molecule has 1 aliphatic rings. The summed E-state index contributed by atoms with van der Waals surface area (Å²) < 4.78 is 5.65. The smallest absolute Gasteiger partial charge is 0.192 e. The molecule has 1 atom stereocenters. The van der Waals surface area contributed by atoms with Crippen molar-refractivity contribution in [3.8, 4) is 0 Å². The fourth-order valence-electron chi connectivity index (χ4n) is 2.68. The molecular formula is C17H19NO2. The summed E-state index contributed by atoms with van der Waals surface area (Å²) >= 11 is 0. The van der Waals surface area contributed by atoms with Crippen molar-refractivity contribution in [1.29, 1.82) is 0 Å². The fraction of sp³-hybridized carbons (Fsp3) is 0.353. The van der Waals surface area contributed by atoms with Crippen LogP contribution in [0.25, 0.3) is 10.8 Å². The average Bonchev–Trinajstić information content (AvgIpc) is 2.53. The van der Waals surface area contributed by atoms with Crippen molar-refractivity contribution in [3.63, 3.8) is 0 Å². The second-order valence-corrected chi connectivity index (χ2v) is 5.18. The number of hydrogen-bond donors (Lipinski definition) is 0. The lowest BCUT2D eigenvalue weighted by atomic mass is 10.0. The molecule has 0 aromatic heterocycles. The maximum Gasteiger partial charge on any atom is 0.192 e. The summed E-state index contributed by atoms with van der Waals surface area (Å²) in [6.45, 7) is 5.33. The minimum Gasteiger partial charge on any atom is -0.367 e. The predicted molar refractivity (Wildman–Crippen MR) is 80.1 cm³/mol. The molecule has 0 spiro atoms. The second-order valence-electron chi connectivity index (χ2n) is 5.18. The van der Waals surface area contributed by atoms with E-state index in [2.05, 4.69) is 17.9 Å². The largest absolute Gasteiger partial charge is 0.367 e. The summed E-state index contributed by atoms with van der Waals surface area (Å²) in [6.07, 6.45) is -0.329. The van der Waals surface area contributed by atoms with E-state index < -0.39 is 0 Å². The third-order valence-corrected chi connectivity index (χ3v) is 3.92. The number of nitrogens with zero attached hydrogens (tertiary/aromatic N) is 1. The van der Waals surface area contributed by atoms with Gasteiger partial charge in [-0.15, -0.1) is 0 Å². The molecule has 3 rings (SSSR count). The van der Waals surface area contributed by atoms with Gasteiger partial charge in [-0.25, -0.2) is 0 Å². The molecule has 0 aliphatic carbocycles. The molecule has 3 nitrogen and oxygen atoms in total. The number of Topliss-reactive ketones (excluding diaryl/α,β-unsaturated/α-hetero) is 1. The molecule has 1 aliphatic heterocycles. The zero-order valence-electron chi connectivity index (χ0n) is 11.7. The van der Waals surface area contributed by atoms with Crippen LogP contribution in [0, 0.1) is 0 Å². The van der Waals surface area contributed by atoms with Crippen LogP contribution in [0.2, 0.25) is 0 Å². The van der Waals surface area contributed by atoms with E-state index >= 15 is 0 Å². The molecule has 0 N–H and O–H groups in total. The predicted octanol–water partition coefficient (Wildman–Crippen LogP) is 2.74. The Kier molecular flexibility index (Phi) is 3.81. The molecule has 0 radical (unpaired) electrons. The van der Waals surface area contributed by atoms with Gasteiger partial charge in [0.15, 0.2) is 5.78 Å². The van der Waals surface area contributed by atoms with E-state index in [1.165, 1.54) is 0 Å². The van der Waals surface area contributed by atoms with Gasteiger partial charge in [0.1, 0.15) is 6.10 Å². The number of likely N-dealkylation sites (N-methyl/N-ethyl adjacent to an activating group) is 1. The molecule has 1 fully saturated rings. The van der Waals surface area contributed by atoms with Crippen LogP contribution < -0.4 is 0 Å². The Balaban J connectivity index is 1.84. The van der Waals surface area contributed by atoms with Gasteiger partial charge in [0.05, 0.1) is 6.61 Å². The number of ketones is 1. The Labute approximate surface area is 119 Å². The number of hydrogen-bond acceptors (Lipinski definition) is 3. The highest BCUT2D eigenvalue weighted by molar-refractivity contribution is 6.02. The van der Waals surface area contributed by atoms with E-state index in [4.69, 9.17) is 4.74 Å². The summed E-state index contributed by atoms with van der Waals surface area (Å²) in [6, 6.07) is 14.0. The highest BCUT2D eigenvalue weighted by atomic mass is 16.5. The van der Waals surface area contributed by atoms with Gasteiger partial charge in [-0.3, -0.25) is 9.69 Å². The van der Waals surface area contributed by atoms with Gasteiger partial charge in [0, 0.05) is 18.7 Å². The molecule has 2 aromatic rings. The van der Waals surface area contributed by atoms with Crippen LogP contribution in [-0.2, 0) is 4.74 Å². The van der Waals surface area contributed by atoms with Crippen molar-refractivity contribution >= 4 is 16.6 Å². The Hall–Kier alpha value is -1.71. The van der Waals surface area contributed by atoms with Crippen LogP contribution in [-0.4, -0.2) is 43.0 Å². The molecule has 0 amide bonds. The van der Waals surface area contributed by atoms with Gasteiger partial charge in [-0.2, -0.15) is 0 Å². The summed E-state index contributed by atoms with van der Waals surface area (Å²) in [4.78, 5) is 14.8. The molecule has 0 bridgehead atoms. The normalized spacial score (nSPS) is 20.1. The van der Waals surface area contributed by atoms with Crippen molar-refractivity contribution in [1.82, 2.24) is 4.90 Å². The van der Waals surface area contributed by atoms with Crippen molar-refractivity contribution < 1.29 is 9.53 Å². The minimum absolute atomic E-state index is 0.0916. The van der Waals surface area contributed by atoms with E-state index in [0.717, 1.165) is 29.4 Å². The number of rotatable bonds is 3. The number of ether oxygens (including phenoxy) is 1. The second kappa shape index (κ2) is 5.73. The standard InChI is InChI=1S/C17H19NO2/c1-2-18-9-10-20-16(12-18)17(19)15-8-7-13-5-3-4-6-14(13)11-15/h3-8,11,16H,2,9-10,12H2,1H3. The van der Waals surface area contributed by atoms with Crippen LogP contribution in [0.1, 0.15) is 17.3 Å². The monoisotopic (exact) mass is 269 g/mol. The molecule has 1 unspecified atom stereocenters. The molecule has 2 aromatic carbocycles. The molecule has 3 heteroatoms. The summed E-state index contributed by atoms with van der Waals surface area (Å²) in [7, 11) is 0. The highest BCUT2D eigenvalue weighted by Crippen LogP contribution is 2.18. The third-order valence-electron chi connectivity index (χ3n) is 3.92. The summed E-state index contributed by atoms with van der Waals surface area (Å²) in [5.74, 6) is 0.0916. The number of carbonyl (C=O) groups excluding carboxylic acids is 1. The molecule has 1 heterocycles. The third kappa shape index (κ3) is 2.60. The van der Waals surface area contributed by atoms with Crippen LogP contribution in [0.5, 0.6) is 0 Å². The van der Waals surface area contributed by atoms with Gasteiger partial charge in [-0.1, -0.05) is 43.3 Å². The van der Waals surface area contributed by atoms with Gasteiger partial charge in [0.2, 0.25) is 0 Å². The van der Waals surface area contributed by atoms with E-state index in [-0.39, 0.29) is 11.9 Å². The molecule has 20 heavy (non-hydrogen) atoms. The van der Waals surface area contributed by atoms with Crippen LogP contribution >= 0.6 is 0 Å². The molecule has 104 valence electrons. The zero-order chi connectivity index (χ0) is 13.9. The van der Waals surface area contributed by atoms with E-state index in [9.17, 15) is 4.79 Å². The highest BCUT2D eigenvalue weighted by Gasteiger charge is 2.26. The van der Waals surface area contributed by atoms with E-state index in [1.807, 2.05) is 36.4 Å². The van der Waals surface area contributed by atoms with Crippen molar-refractivity contribution in [3.05, 3.63) is 48.0 Å². The van der Waals surface area contributed by atoms with Gasteiger partial charge in [0.25, 0.3) is 0 Å². The zero-order valence-corrected chi connectivity index (χ0v) is 11.7. The number of carbonyl (C=O) groups is 1. The minimum atomic E-state index is -0.329. The first kappa shape index (κ1) is 13.3. The Morgan fingerprint density at radius 1 is 1.25 bits per heavy atom. The summed E-state index contributed by atoms with van der Waals surface area (Å²) in [5.41, 5.74) is 0.742. The maximum absolute atomic E-state index is 12.6. The van der Waals surface area contributed by atoms with Gasteiger partial charge < -0.3 is 4.74 Å². The first-order chi connectivity index (χ1) is 9.78. The van der Waals surface area contributed by atoms with Crippen molar-refractivity contribution in [2.24, 2.45) is 0 Å². The lowest BCUT2D eigenvalue weighted by Gasteiger charge is -2.31. The van der Waals surface area contributed by atoms with Crippen LogP contribution in [0.4, 0.5) is 0 Å². The molecule has 0 saturated carbocycles. The number of benzene rings is 2. The SMILES string of the molecule is CCN1CCOC(C(=O)c2ccc3ccccc3c2)C1. The average molecular weight is 269 g/mol. The lowest BCUT2D eigenvalue weighted by molar-refractivity contribution is -0.0148. The topological polar surface area (TPSA) is 29.5 Å². The Morgan fingerprint density at radius 3 is 2.85 bits per heavy atom. The Morgan fingerprint density at radius 2 is 2.05 bits per heavy atom. The Bertz CT molecular complexity index is 623. The van der Waals surface area contributed by atoms with Crippen LogP contribution in [0.3, 0.4) is 0 Å². The number of fused-ring (bicyclic) bond motifs is 1. The number of morpholine rings is 1. The van der Waals surface area contributed by atoms with Gasteiger partial charge in [-0.05, 0) is 23.4 Å².